The van der Waals surface area contributed by atoms with Crippen molar-refractivity contribution in [2.24, 2.45) is 0 Å². The van der Waals surface area contributed by atoms with Gasteiger partial charge in [-0.15, -0.1) is 0 Å². The number of rotatable bonds is 3. The Morgan fingerprint density at radius 1 is 1.04 bits per heavy atom. The van der Waals surface area contributed by atoms with E-state index in [4.69, 9.17) is 11.6 Å². The molecule has 0 saturated carbocycles. The summed E-state index contributed by atoms with van der Waals surface area (Å²) in [5, 5.41) is -0.133. The smallest absolute Gasteiger partial charge is 0.251 e. The molecule has 1 fully saturated rings. The second-order valence-electron chi connectivity index (χ2n) is 6.87. The van der Waals surface area contributed by atoms with Crippen LogP contribution >= 0.6 is 11.6 Å². The van der Waals surface area contributed by atoms with Crippen molar-refractivity contribution in [3.05, 3.63) is 70.8 Å². The highest BCUT2D eigenvalue weighted by Gasteiger charge is 2.43. The Balaban J connectivity index is 1.50. The minimum Gasteiger partial charge on any atom is -0.287 e. The molecule has 4 nitrogen and oxygen atoms in total. The van der Waals surface area contributed by atoms with Crippen molar-refractivity contribution in [1.82, 2.24) is 4.90 Å². The van der Waals surface area contributed by atoms with Crippen molar-refractivity contribution in [2.75, 3.05) is 18.0 Å². The van der Waals surface area contributed by atoms with E-state index in [9.17, 15) is 18.4 Å². The van der Waals surface area contributed by atoms with Crippen molar-refractivity contribution < 1.29 is 18.4 Å². The van der Waals surface area contributed by atoms with Gasteiger partial charge in [0.25, 0.3) is 5.91 Å². The second kappa shape index (κ2) is 7.45. The molecule has 0 aliphatic carbocycles. The number of anilines is 1. The molecular formula is C21H17ClF2N2O2. The van der Waals surface area contributed by atoms with E-state index in [2.05, 4.69) is 0 Å². The molecule has 0 aromatic heterocycles. The minimum atomic E-state index is -0.601. The molecule has 2 aromatic carbocycles. The number of carbonyl (C=O) groups excluding carboxylic acids is 2. The predicted octanol–water partition coefficient (Wildman–Crippen LogP) is 4.04. The molecule has 2 aliphatic heterocycles. The Kier molecular flexibility index (Phi) is 5.00. The van der Waals surface area contributed by atoms with Crippen LogP contribution < -0.4 is 4.90 Å². The minimum absolute atomic E-state index is 0.0769. The molecule has 2 aliphatic rings. The molecule has 0 N–H and O–H groups in total. The Bertz CT molecular complexity index is 975. The van der Waals surface area contributed by atoms with Crippen molar-refractivity contribution in [2.45, 2.75) is 18.9 Å². The molecule has 28 heavy (non-hydrogen) atoms. The summed E-state index contributed by atoms with van der Waals surface area (Å²) in [4.78, 5) is 28.3. The normalized spacial score (nSPS) is 20.6. The summed E-state index contributed by atoms with van der Waals surface area (Å²) < 4.78 is 26.5. The van der Waals surface area contributed by atoms with Crippen LogP contribution in [0.3, 0.4) is 0 Å². The predicted molar refractivity (Wildman–Crippen MR) is 103 cm³/mol. The fourth-order valence-corrected chi connectivity index (χ4v) is 3.87. The zero-order valence-electron chi connectivity index (χ0n) is 14.9. The lowest BCUT2D eigenvalue weighted by molar-refractivity contribution is -0.122. The maximum absolute atomic E-state index is 13.4. The van der Waals surface area contributed by atoms with Crippen LogP contribution in [-0.4, -0.2) is 35.8 Å². The third-order valence-corrected chi connectivity index (χ3v) is 5.47. The average molecular weight is 403 g/mol. The molecule has 2 aromatic rings. The van der Waals surface area contributed by atoms with E-state index in [1.54, 1.807) is 12.1 Å². The van der Waals surface area contributed by atoms with Gasteiger partial charge in [0.2, 0.25) is 5.91 Å². The lowest BCUT2D eigenvalue weighted by atomic mass is 9.98. The number of hydrogen-bond acceptors (Lipinski definition) is 3. The van der Waals surface area contributed by atoms with Gasteiger partial charge in [0.15, 0.2) is 0 Å². The Morgan fingerprint density at radius 3 is 2.43 bits per heavy atom. The molecule has 144 valence electrons. The van der Waals surface area contributed by atoms with Crippen LogP contribution in [0.4, 0.5) is 14.5 Å². The van der Waals surface area contributed by atoms with Crippen LogP contribution in [0.2, 0.25) is 5.02 Å². The molecule has 4 rings (SSSR count). The second-order valence-corrected chi connectivity index (χ2v) is 7.27. The van der Waals surface area contributed by atoms with E-state index in [1.807, 2.05) is 11.0 Å². The van der Waals surface area contributed by atoms with Crippen LogP contribution in [0.15, 0.2) is 48.5 Å². The third kappa shape index (κ3) is 3.45. The molecule has 1 saturated heterocycles. The number of halogens is 3. The number of benzene rings is 2. The van der Waals surface area contributed by atoms with E-state index in [1.165, 1.54) is 24.3 Å². The number of nitrogens with zero attached hydrogens (tertiary/aromatic N) is 2. The summed E-state index contributed by atoms with van der Waals surface area (Å²) in [7, 11) is 0. The zero-order valence-corrected chi connectivity index (χ0v) is 15.6. The van der Waals surface area contributed by atoms with E-state index < -0.39 is 11.9 Å². The van der Waals surface area contributed by atoms with Crippen LogP contribution in [-0.2, 0) is 9.59 Å². The molecule has 0 spiro atoms. The summed E-state index contributed by atoms with van der Waals surface area (Å²) in [5.74, 6) is -1.54. The van der Waals surface area contributed by atoms with E-state index in [-0.39, 0.29) is 34.8 Å². The number of carbonyl (C=O) groups is 2. The van der Waals surface area contributed by atoms with Gasteiger partial charge < -0.3 is 0 Å². The van der Waals surface area contributed by atoms with Crippen LogP contribution in [0.5, 0.6) is 0 Å². The van der Waals surface area contributed by atoms with Gasteiger partial charge in [-0.3, -0.25) is 14.5 Å². The first-order chi connectivity index (χ1) is 13.4. The largest absolute Gasteiger partial charge is 0.287 e. The highest BCUT2D eigenvalue weighted by atomic mass is 35.5. The van der Waals surface area contributed by atoms with Crippen LogP contribution in [0, 0.1) is 11.6 Å². The van der Waals surface area contributed by atoms with E-state index in [0.717, 1.165) is 22.1 Å². The first kappa shape index (κ1) is 18.8. The molecule has 7 heteroatoms. The molecule has 2 heterocycles. The summed E-state index contributed by atoms with van der Waals surface area (Å²) in [6.07, 6.45) is 2.78. The summed E-state index contributed by atoms with van der Waals surface area (Å²) in [6, 6.07) is 9.58. The monoisotopic (exact) mass is 402 g/mol. The quantitative estimate of drug-likeness (QED) is 0.727. The first-order valence-electron chi connectivity index (χ1n) is 8.95. The lowest BCUT2D eigenvalue weighted by Gasteiger charge is -2.30. The average Bonchev–Trinajstić information content (AvgIpc) is 2.99. The topological polar surface area (TPSA) is 40.6 Å². The number of imide groups is 1. The van der Waals surface area contributed by atoms with E-state index >= 15 is 0 Å². The molecule has 0 radical (unpaired) electrons. The Morgan fingerprint density at radius 2 is 1.79 bits per heavy atom. The molecule has 2 amide bonds. The fourth-order valence-electron chi connectivity index (χ4n) is 3.69. The SMILES string of the molecule is O=C1C[C@@H](N2CC=C(c3ccc(F)cc3)CC2)C(=O)N1c1ccc(F)c(Cl)c1. The van der Waals surface area contributed by atoms with E-state index in [0.29, 0.717) is 19.5 Å². The van der Waals surface area contributed by atoms with Crippen molar-refractivity contribution in [3.63, 3.8) is 0 Å². The summed E-state index contributed by atoms with van der Waals surface area (Å²) in [5.41, 5.74) is 2.33. The Hall–Kier alpha value is -2.57. The van der Waals surface area contributed by atoms with Crippen molar-refractivity contribution >= 4 is 34.7 Å². The Labute approximate surface area is 166 Å². The first-order valence-corrected chi connectivity index (χ1v) is 9.32. The maximum atomic E-state index is 13.4. The lowest BCUT2D eigenvalue weighted by Crippen LogP contribution is -2.44. The van der Waals surface area contributed by atoms with Crippen molar-refractivity contribution in [1.29, 1.82) is 0 Å². The van der Waals surface area contributed by atoms with Gasteiger partial charge in [0.1, 0.15) is 11.6 Å². The highest BCUT2D eigenvalue weighted by molar-refractivity contribution is 6.31. The van der Waals surface area contributed by atoms with Gasteiger partial charge in [-0.1, -0.05) is 29.8 Å². The van der Waals surface area contributed by atoms with Gasteiger partial charge >= 0.3 is 0 Å². The van der Waals surface area contributed by atoms with Gasteiger partial charge in [-0.25, -0.2) is 13.7 Å². The highest BCUT2D eigenvalue weighted by Crippen LogP contribution is 2.31. The summed E-state index contributed by atoms with van der Waals surface area (Å²) in [6.45, 7) is 1.14. The molecule has 0 bridgehead atoms. The third-order valence-electron chi connectivity index (χ3n) is 5.18. The molecular weight excluding hydrogens is 386 g/mol. The van der Waals surface area contributed by atoms with Crippen LogP contribution in [0.1, 0.15) is 18.4 Å². The van der Waals surface area contributed by atoms with Gasteiger partial charge in [-0.05, 0) is 47.9 Å². The van der Waals surface area contributed by atoms with Gasteiger partial charge in [0.05, 0.1) is 23.2 Å². The van der Waals surface area contributed by atoms with Crippen LogP contribution in [0.25, 0.3) is 5.57 Å². The van der Waals surface area contributed by atoms with Crippen molar-refractivity contribution in [3.8, 4) is 0 Å². The fraction of sp³-hybridized carbons (Fsp3) is 0.238. The zero-order chi connectivity index (χ0) is 19.8. The molecule has 1 atom stereocenters. The van der Waals surface area contributed by atoms with Gasteiger partial charge in [-0.2, -0.15) is 0 Å². The number of amides is 2. The number of hydrogen-bond donors (Lipinski definition) is 0. The molecule has 0 unspecified atom stereocenters. The van der Waals surface area contributed by atoms with Gasteiger partial charge in [0, 0.05) is 13.1 Å². The standard InChI is InChI=1S/C21H17ClF2N2O2/c22-17-11-16(5-6-18(17)24)26-20(27)12-19(21(26)28)25-9-7-14(8-10-25)13-1-3-15(23)4-2-13/h1-7,11,19H,8-10,12H2/t19-/m1/s1. The maximum Gasteiger partial charge on any atom is 0.251 e. The summed E-state index contributed by atoms with van der Waals surface area (Å²) >= 11 is 5.79.